The Morgan fingerprint density at radius 3 is 2.68 bits per heavy atom. The van der Waals surface area contributed by atoms with Gasteiger partial charge in [0.1, 0.15) is 17.4 Å². The molecule has 0 saturated heterocycles. The molecule has 1 rings (SSSR count). The van der Waals surface area contributed by atoms with Crippen molar-refractivity contribution in [3.63, 3.8) is 0 Å². The van der Waals surface area contributed by atoms with Gasteiger partial charge in [0.25, 0.3) is 0 Å². The monoisotopic (exact) mass is 329 g/mol. The lowest BCUT2D eigenvalue weighted by Gasteiger charge is -2.22. The molecule has 1 aromatic carbocycles. The van der Waals surface area contributed by atoms with Crippen LogP contribution in [0, 0.1) is 0 Å². The Morgan fingerprint density at radius 2 is 2.11 bits per heavy atom. The zero-order valence-corrected chi connectivity index (χ0v) is 13.1. The predicted octanol–water partition coefficient (Wildman–Crippen LogP) is 2.89. The van der Waals surface area contributed by atoms with E-state index in [1.807, 2.05) is 45.0 Å². The summed E-state index contributed by atoms with van der Waals surface area (Å²) in [5.74, 6) is 0.344. The van der Waals surface area contributed by atoms with Crippen molar-refractivity contribution >= 4 is 21.9 Å². The molecule has 2 N–H and O–H groups in total. The highest BCUT2D eigenvalue weighted by molar-refractivity contribution is 9.10. The van der Waals surface area contributed by atoms with Gasteiger partial charge in [0.15, 0.2) is 0 Å². The molecule has 1 aromatic rings. The number of ether oxygens (including phenoxy) is 2. The number of carbonyl (C=O) groups is 1. The molecular formula is C14H20BrNO3. The number of carbonyl (C=O) groups excluding carboxylic acids is 1. The molecule has 19 heavy (non-hydrogen) atoms. The average molecular weight is 330 g/mol. The maximum absolute atomic E-state index is 11.6. The van der Waals surface area contributed by atoms with Crippen molar-refractivity contribution < 1.29 is 14.3 Å². The van der Waals surface area contributed by atoms with Crippen LogP contribution < -0.4 is 10.5 Å². The number of rotatable bonds is 5. The van der Waals surface area contributed by atoms with E-state index in [0.717, 1.165) is 10.2 Å². The summed E-state index contributed by atoms with van der Waals surface area (Å²) in [6.07, 6.45) is 0.418. The van der Waals surface area contributed by atoms with Crippen LogP contribution in [0.2, 0.25) is 0 Å². The zero-order valence-electron chi connectivity index (χ0n) is 11.5. The van der Waals surface area contributed by atoms with E-state index < -0.39 is 17.6 Å². The van der Waals surface area contributed by atoms with Gasteiger partial charge in [-0.15, -0.1) is 0 Å². The molecule has 0 amide bonds. The molecule has 4 nitrogen and oxygen atoms in total. The molecule has 1 unspecified atom stereocenters. The van der Waals surface area contributed by atoms with Gasteiger partial charge >= 0.3 is 5.97 Å². The van der Waals surface area contributed by atoms with E-state index in [9.17, 15) is 4.79 Å². The standard InChI is InChI=1S/C14H20BrNO3/c1-14(2,3)19-13(17)12(16)7-8-18-11-6-4-5-10(15)9-11/h4-6,9,12H,7-8,16H2,1-3H3. The first kappa shape index (κ1) is 16.0. The minimum atomic E-state index is -0.661. The van der Waals surface area contributed by atoms with Gasteiger partial charge in [0, 0.05) is 10.9 Å². The minimum Gasteiger partial charge on any atom is -0.493 e. The van der Waals surface area contributed by atoms with Crippen LogP contribution in [0.15, 0.2) is 28.7 Å². The summed E-state index contributed by atoms with van der Waals surface area (Å²) in [6.45, 7) is 5.82. The average Bonchev–Trinajstić information content (AvgIpc) is 2.26. The molecule has 0 spiro atoms. The summed E-state index contributed by atoms with van der Waals surface area (Å²) >= 11 is 3.36. The highest BCUT2D eigenvalue weighted by Gasteiger charge is 2.21. The summed E-state index contributed by atoms with van der Waals surface area (Å²) in [5, 5.41) is 0. The second-order valence-electron chi connectivity index (χ2n) is 5.23. The van der Waals surface area contributed by atoms with Crippen molar-refractivity contribution in [3.05, 3.63) is 28.7 Å². The Balaban J connectivity index is 2.34. The van der Waals surface area contributed by atoms with Crippen LogP contribution in [0.5, 0.6) is 5.75 Å². The third kappa shape index (κ3) is 6.59. The SMILES string of the molecule is CC(C)(C)OC(=O)C(N)CCOc1cccc(Br)c1. The Labute approximate surface area is 122 Å². The lowest BCUT2D eigenvalue weighted by molar-refractivity contribution is -0.156. The zero-order chi connectivity index (χ0) is 14.5. The maximum atomic E-state index is 11.6. The van der Waals surface area contributed by atoms with Gasteiger partial charge in [0.2, 0.25) is 0 Å². The third-order valence-electron chi connectivity index (χ3n) is 2.20. The summed E-state index contributed by atoms with van der Waals surface area (Å²) < 4.78 is 11.7. The molecule has 106 valence electrons. The molecule has 0 heterocycles. The van der Waals surface area contributed by atoms with Crippen molar-refractivity contribution in [1.82, 2.24) is 0 Å². The second kappa shape index (κ2) is 6.91. The first-order chi connectivity index (χ1) is 8.78. The quantitative estimate of drug-likeness (QED) is 0.844. The molecular weight excluding hydrogens is 310 g/mol. The van der Waals surface area contributed by atoms with E-state index in [-0.39, 0.29) is 0 Å². The summed E-state index contributed by atoms with van der Waals surface area (Å²) in [7, 11) is 0. The molecule has 0 aliphatic rings. The second-order valence-corrected chi connectivity index (χ2v) is 6.15. The highest BCUT2D eigenvalue weighted by Crippen LogP contribution is 2.18. The van der Waals surface area contributed by atoms with Gasteiger partial charge in [-0.2, -0.15) is 0 Å². The predicted molar refractivity (Wildman–Crippen MR) is 78.1 cm³/mol. The van der Waals surface area contributed by atoms with E-state index in [1.165, 1.54) is 0 Å². The van der Waals surface area contributed by atoms with Crippen molar-refractivity contribution in [2.24, 2.45) is 5.73 Å². The van der Waals surface area contributed by atoms with Crippen LogP contribution in [0.25, 0.3) is 0 Å². The fourth-order valence-electron chi connectivity index (χ4n) is 1.36. The normalized spacial score (nSPS) is 12.9. The Hall–Kier alpha value is -1.07. The summed E-state index contributed by atoms with van der Waals surface area (Å²) in [4.78, 5) is 11.6. The van der Waals surface area contributed by atoms with Crippen LogP contribution >= 0.6 is 15.9 Å². The first-order valence-electron chi connectivity index (χ1n) is 6.15. The molecule has 5 heteroatoms. The molecule has 0 radical (unpaired) electrons. The molecule has 0 aliphatic carbocycles. The fourth-order valence-corrected chi connectivity index (χ4v) is 1.73. The minimum absolute atomic E-state index is 0.372. The van der Waals surface area contributed by atoms with Crippen LogP contribution in [0.4, 0.5) is 0 Å². The Bertz CT molecular complexity index is 429. The number of hydrogen-bond donors (Lipinski definition) is 1. The van der Waals surface area contributed by atoms with Crippen molar-refractivity contribution in [2.75, 3.05) is 6.61 Å². The number of esters is 1. The summed E-state index contributed by atoms with van der Waals surface area (Å²) in [6, 6.07) is 6.85. The van der Waals surface area contributed by atoms with Gasteiger partial charge in [-0.3, -0.25) is 4.79 Å². The van der Waals surface area contributed by atoms with Crippen molar-refractivity contribution in [3.8, 4) is 5.75 Å². The van der Waals surface area contributed by atoms with E-state index in [1.54, 1.807) is 0 Å². The van der Waals surface area contributed by atoms with Crippen molar-refractivity contribution in [1.29, 1.82) is 0 Å². The van der Waals surface area contributed by atoms with E-state index in [0.29, 0.717) is 13.0 Å². The molecule has 1 atom stereocenters. The Kier molecular flexibility index (Phi) is 5.82. The lowest BCUT2D eigenvalue weighted by Crippen LogP contribution is -2.38. The summed E-state index contributed by atoms with van der Waals surface area (Å²) in [5.41, 5.74) is 5.24. The van der Waals surface area contributed by atoms with Crippen molar-refractivity contribution in [2.45, 2.75) is 38.8 Å². The number of nitrogens with two attached hydrogens (primary N) is 1. The van der Waals surface area contributed by atoms with Crippen LogP contribution in [0.3, 0.4) is 0 Å². The molecule has 0 saturated carbocycles. The fraction of sp³-hybridized carbons (Fsp3) is 0.500. The van der Waals surface area contributed by atoms with Gasteiger partial charge in [-0.1, -0.05) is 22.0 Å². The van der Waals surface area contributed by atoms with Gasteiger partial charge in [-0.05, 0) is 39.0 Å². The number of benzene rings is 1. The largest absolute Gasteiger partial charge is 0.493 e. The number of hydrogen-bond acceptors (Lipinski definition) is 4. The molecule has 0 fully saturated rings. The highest BCUT2D eigenvalue weighted by atomic mass is 79.9. The van der Waals surface area contributed by atoms with E-state index >= 15 is 0 Å². The lowest BCUT2D eigenvalue weighted by atomic mass is 10.2. The van der Waals surface area contributed by atoms with E-state index in [4.69, 9.17) is 15.2 Å². The first-order valence-corrected chi connectivity index (χ1v) is 6.94. The van der Waals surface area contributed by atoms with Gasteiger partial charge < -0.3 is 15.2 Å². The van der Waals surface area contributed by atoms with Gasteiger partial charge in [-0.25, -0.2) is 0 Å². The molecule has 0 bridgehead atoms. The third-order valence-corrected chi connectivity index (χ3v) is 2.70. The molecule has 0 aromatic heterocycles. The van der Waals surface area contributed by atoms with E-state index in [2.05, 4.69) is 15.9 Å². The Morgan fingerprint density at radius 1 is 1.42 bits per heavy atom. The van der Waals surface area contributed by atoms with Crippen LogP contribution in [-0.2, 0) is 9.53 Å². The van der Waals surface area contributed by atoms with Crippen LogP contribution in [-0.4, -0.2) is 24.2 Å². The maximum Gasteiger partial charge on any atom is 0.323 e. The molecule has 0 aliphatic heterocycles. The van der Waals surface area contributed by atoms with Crippen LogP contribution in [0.1, 0.15) is 27.2 Å². The topological polar surface area (TPSA) is 61.5 Å². The van der Waals surface area contributed by atoms with Gasteiger partial charge in [0.05, 0.1) is 6.61 Å². The smallest absolute Gasteiger partial charge is 0.323 e. The number of halogens is 1.